The highest BCUT2D eigenvalue weighted by Gasteiger charge is 2.37. The highest BCUT2D eigenvalue weighted by atomic mass is 16.6. The van der Waals surface area contributed by atoms with Crippen LogP contribution < -0.4 is 34.4 Å². The van der Waals surface area contributed by atoms with Gasteiger partial charge in [-0.25, -0.2) is 0 Å². The lowest BCUT2D eigenvalue weighted by molar-refractivity contribution is -0.155. The Balaban J connectivity index is 6.69. The predicted octanol–water partition coefficient (Wildman–Crippen LogP) is -1.61. The van der Waals surface area contributed by atoms with Gasteiger partial charge in [0.1, 0.15) is 41.1 Å². The van der Waals surface area contributed by atoms with Gasteiger partial charge in [-0.2, -0.15) is 0 Å². The second-order valence-corrected chi connectivity index (χ2v) is 10.2. The first kappa shape index (κ1) is 43.4. The molecule has 23 heteroatoms. The Morgan fingerprint density at radius 3 is 1.19 bits per heavy atom. The van der Waals surface area contributed by atoms with Crippen molar-refractivity contribution < 1.29 is 54.9 Å². The largest absolute Gasteiger partial charge is 0.409 e. The van der Waals surface area contributed by atoms with Gasteiger partial charge >= 0.3 is 0 Å². The molecule has 0 amide bonds. The van der Waals surface area contributed by atoms with Gasteiger partial charge in [-0.15, -0.1) is 0 Å². The molecule has 0 aliphatic rings. The van der Waals surface area contributed by atoms with Gasteiger partial charge in [0.2, 0.25) is 0 Å². The molecule has 0 radical (unpaired) electrons. The van der Waals surface area contributed by atoms with Crippen molar-refractivity contribution in [1.82, 2.24) is 0 Å². The minimum atomic E-state index is -0.888. The minimum absolute atomic E-state index is 0.0109. The van der Waals surface area contributed by atoms with Crippen LogP contribution in [0.4, 0.5) is 0 Å². The van der Waals surface area contributed by atoms with E-state index < -0.39 is 24.2 Å². The van der Waals surface area contributed by atoms with Crippen LogP contribution in [0.25, 0.3) is 0 Å². The maximum atomic E-state index is 9.10. The van der Waals surface area contributed by atoms with Crippen LogP contribution in [0.3, 0.4) is 0 Å². The van der Waals surface area contributed by atoms with Gasteiger partial charge < -0.3 is 89.3 Å². The van der Waals surface area contributed by atoms with Crippen molar-refractivity contribution in [2.75, 3.05) is 46.2 Å². The van der Waals surface area contributed by atoms with Crippen molar-refractivity contribution >= 4 is 35.0 Å². The summed E-state index contributed by atoms with van der Waals surface area (Å²) in [7, 11) is 0. The zero-order chi connectivity index (χ0) is 36.2. The molecule has 0 saturated heterocycles. The molecule has 4 unspecified atom stereocenters. The normalized spacial score (nSPS) is 16.5. The fourth-order valence-corrected chi connectivity index (χ4v) is 4.10. The van der Waals surface area contributed by atoms with Crippen LogP contribution in [0.15, 0.2) is 30.9 Å². The second kappa shape index (κ2) is 27.5. The van der Waals surface area contributed by atoms with Gasteiger partial charge in [-0.05, 0) is 12.8 Å². The maximum Gasteiger partial charge on any atom is 0.141 e. The Hall–Kier alpha value is -4.58. The zero-order valence-corrected chi connectivity index (χ0v) is 26.8. The molecule has 23 nitrogen and oxygen atoms in total. The number of amidine groups is 6. The van der Waals surface area contributed by atoms with Crippen molar-refractivity contribution in [3.8, 4) is 0 Å². The van der Waals surface area contributed by atoms with Crippen molar-refractivity contribution in [1.29, 1.82) is 0 Å². The van der Waals surface area contributed by atoms with E-state index in [1.165, 1.54) is 0 Å². The lowest BCUT2D eigenvalue weighted by atomic mass is 9.87. The molecule has 0 spiro atoms. The lowest BCUT2D eigenvalue weighted by Crippen LogP contribution is -2.48. The molecule has 0 saturated carbocycles. The van der Waals surface area contributed by atoms with Gasteiger partial charge in [0, 0.05) is 44.4 Å². The molecule has 0 rings (SSSR count). The number of oxime groups is 6. The van der Waals surface area contributed by atoms with Crippen LogP contribution in [0.5, 0.6) is 0 Å². The quantitative estimate of drug-likeness (QED) is 0.0137. The standard InChI is InChI=1S/C25H52N12O11/c26-19(32-38)3-1-2-16(17(46-11-6-22(29)35-41)14-44-9-4-20(27)33-39)25(48-13-8-24(31)37-43)18(47-12-7-23(30)36-42)15-45-10-5-21(28)34-40/h16-18,25,38-43H,1-15H2,(H2,26,32)(H2,27,33)(H2,28,34)(H2,29,35)(H2,30,36)(H2,31,37). The molecule has 278 valence electrons. The monoisotopic (exact) mass is 696 g/mol. The predicted molar refractivity (Wildman–Crippen MR) is 172 cm³/mol. The lowest BCUT2D eigenvalue weighted by Gasteiger charge is -2.38. The highest BCUT2D eigenvalue weighted by molar-refractivity contribution is 5.81. The van der Waals surface area contributed by atoms with Crippen molar-refractivity contribution in [2.45, 2.75) is 69.7 Å². The van der Waals surface area contributed by atoms with Gasteiger partial charge in [0.15, 0.2) is 0 Å². The van der Waals surface area contributed by atoms with E-state index in [2.05, 4.69) is 30.9 Å². The molecule has 0 aromatic carbocycles. The number of nitrogens with two attached hydrogens (primary N) is 6. The first-order chi connectivity index (χ1) is 23.1. The SMILES string of the molecule is N/C(CCCC(C(COCC/C(N)=N/O)OCC/C(N)=N/O)C(OCC/C(N)=N/O)C(COCC/C(N)=N/O)OCC/C(N)=N/O)=N\O. The third kappa shape index (κ3) is 20.5. The van der Waals surface area contributed by atoms with Crippen LogP contribution in [-0.2, 0) is 23.7 Å². The molecule has 0 fully saturated rings. The summed E-state index contributed by atoms with van der Waals surface area (Å²) in [5, 5.41) is 71.7. The summed E-state index contributed by atoms with van der Waals surface area (Å²) in [6, 6.07) is 0. The molecule has 0 bridgehead atoms. The summed E-state index contributed by atoms with van der Waals surface area (Å²) in [6.45, 7) is -0.153. The molecule has 0 aliphatic heterocycles. The third-order valence-corrected chi connectivity index (χ3v) is 6.63. The molecule has 0 aromatic heterocycles. The molecule has 0 aliphatic carbocycles. The van der Waals surface area contributed by atoms with E-state index in [4.69, 9.17) is 89.3 Å². The number of rotatable bonds is 29. The molecular weight excluding hydrogens is 644 g/mol. The zero-order valence-electron chi connectivity index (χ0n) is 26.8. The van der Waals surface area contributed by atoms with Crippen LogP contribution in [-0.4, -0.2) is 131 Å². The number of ether oxygens (including phenoxy) is 5. The second-order valence-electron chi connectivity index (χ2n) is 10.2. The topological polar surface area (TPSA) is 398 Å². The number of nitrogens with zero attached hydrogens (tertiary/aromatic N) is 6. The van der Waals surface area contributed by atoms with Gasteiger partial charge in [-0.3, -0.25) is 0 Å². The smallest absolute Gasteiger partial charge is 0.141 e. The molecule has 0 aromatic rings. The summed E-state index contributed by atoms with van der Waals surface area (Å²) in [6.07, 6.45) is -1.35. The molecule has 48 heavy (non-hydrogen) atoms. The number of hydrogen-bond donors (Lipinski definition) is 12. The van der Waals surface area contributed by atoms with Crippen molar-refractivity contribution in [3.63, 3.8) is 0 Å². The third-order valence-electron chi connectivity index (χ3n) is 6.63. The summed E-state index contributed by atoms with van der Waals surface area (Å²) < 4.78 is 30.3. The van der Waals surface area contributed by atoms with E-state index >= 15 is 0 Å². The fraction of sp³-hybridized carbons (Fsp3) is 0.760. The Morgan fingerprint density at radius 1 is 0.438 bits per heavy atom. The minimum Gasteiger partial charge on any atom is -0.409 e. The van der Waals surface area contributed by atoms with Crippen LogP contribution in [0.2, 0.25) is 0 Å². The van der Waals surface area contributed by atoms with E-state index in [9.17, 15) is 0 Å². The molecular formula is C25H52N12O11. The Bertz CT molecular complexity index is 966. The van der Waals surface area contributed by atoms with Gasteiger partial charge in [0.25, 0.3) is 0 Å². The summed E-state index contributed by atoms with van der Waals surface area (Å²) in [4.78, 5) is 0. The Morgan fingerprint density at radius 2 is 0.771 bits per heavy atom. The van der Waals surface area contributed by atoms with E-state index in [0.29, 0.717) is 12.8 Å². The first-order valence-corrected chi connectivity index (χ1v) is 14.8. The van der Waals surface area contributed by atoms with Gasteiger partial charge in [0.05, 0.1) is 58.5 Å². The average molecular weight is 697 g/mol. The Kier molecular flexibility index (Phi) is 24.9. The van der Waals surface area contributed by atoms with E-state index in [0.717, 1.165) is 0 Å². The van der Waals surface area contributed by atoms with Crippen LogP contribution in [0, 0.1) is 5.92 Å². The summed E-state index contributed by atoms with van der Waals surface area (Å²) in [5.74, 6) is -1.02. The first-order valence-electron chi connectivity index (χ1n) is 14.8. The Labute approximate surface area is 277 Å². The van der Waals surface area contributed by atoms with Crippen LogP contribution >= 0.6 is 0 Å². The summed E-state index contributed by atoms with van der Waals surface area (Å²) >= 11 is 0. The summed E-state index contributed by atoms with van der Waals surface area (Å²) in [5.41, 5.74) is 33.9. The van der Waals surface area contributed by atoms with E-state index in [-0.39, 0.29) is 120 Å². The molecule has 4 atom stereocenters. The number of hydrogen-bond acceptors (Lipinski definition) is 17. The van der Waals surface area contributed by atoms with E-state index in [1.807, 2.05) is 0 Å². The molecule has 18 N–H and O–H groups in total. The highest BCUT2D eigenvalue weighted by Crippen LogP contribution is 2.28. The van der Waals surface area contributed by atoms with Crippen molar-refractivity contribution in [3.05, 3.63) is 0 Å². The van der Waals surface area contributed by atoms with Crippen molar-refractivity contribution in [2.24, 2.45) is 71.3 Å². The maximum absolute atomic E-state index is 9.10. The average Bonchev–Trinajstić information content (AvgIpc) is 3.10. The fourth-order valence-electron chi connectivity index (χ4n) is 4.10. The molecule has 0 heterocycles. The van der Waals surface area contributed by atoms with Gasteiger partial charge in [-0.1, -0.05) is 30.9 Å². The van der Waals surface area contributed by atoms with Crippen LogP contribution in [0.1, 0.15) is 51.4 Å². The van der Waals surface area contributed by atoms with E-state index in [1.54, 1.807) is 0 Å².